The molecule has 5 fully saturated rings. The van der Waals surface area contributed by atoms with Crippen molar-refractivity contribution < 1.29 is 23.7 Å². The molecule has 0 bridgehead atoms. The van der Waals surface area contributed by atoms with Crippen molar-refractivity contribution in [2.45, 2.75) is 268 Å². The first-order valence-corrected chi connectivity index (χ1v) is 44.4. The molecule has 10 aliphatic rings. The van der Waals surface area contributed by atoms with E-state index in [9.17, 15) is 0 Å². The van der Waals surface area contributed by atoms with Crippen LogP contribution in [0.5, 0.6) is 29.4 Å². The van der Waals surface area contributed by atoms with E-state index in [0.29, 0.717) is 69.8 Å². The van der Waals surface area contributed by atoms with Gasteiger partial charge in [-0.25, -0.2) is 49.8 Å². The Bertz CT molecular complexity index is 4610. The summed E-state index contributed by atoms with van der Waals surface area (Å²) in [6.07, 6.45) is 53.3. The molecule has 0 saturated heterocycles. The Morgan fingerprint density at radius 3 is 0.655 bits per heavy atom. The molecule has 634 valence electrons. The molecule has 10 atom stereocenters. The maximum absolute atomic E-state index is 6.68. The van der Waals surface area contributed by atoms with Gasteiger partial charge in [0.1, 0.15) is 0 Å². The van der Waals surface area contributed by atoms with E-state index < -0.39 is 0 Å². The van der Waals surface area contributed by atoms with Crippen molar-refractivity contribution in [3.8, 4) is 85.7 Å². The summed E-state index contributed by atoms with van der Waals surface area (Å²) < 4.78 is 37.7. The molecule has 5 aliphatic carbocycles. The van der Waals surface area contributed by atoms with Crippen molar-refractivity contribution >= 4 is 0 Å². The molecule has 0 amide bonds. The minimum Gasteiger partial charge on any atom is -0.481 e. The van der Waals surface area contributed by atoms with Crippen LogP contribution in [0.2, 0.25) is 0 Å². The highest BCUT2D eigenvalue weighted by Gasteiger charge is 2.42. The molecule has 0 spiro atoms. The lowest BCUT2D eigenvalue weighted by Crippen LogP contribution is -2.36. The van der Waals surface area contributed by atoms with E-state index in [0.717, 1.165) is 117 Å². The predicted octanol–water partition coefficient (Wildman–Crippen LogP) is 17.0. The van der Waals surface area contributed by atoms with Gasteiger partial charge in [-0.05, 0) is 193 Å². The van der Waals surface area contributed by atoms with E-state index in [2.05, 4.69) is 106 Å². The molecule has 0 aromatic carbocycles. The summed E-state index contributed by atoms with van der Waals surface area (Å²) in [5.41, 5.74) is 50.9. The van der Waals surface area contributed by atoms with Crippen molar-refractivity contribution in [1.29, 1.82) is 0 Å². The SMILES string of the molecule is COc1ccc2c(n1)C(CC(N)C1CCC(C)(C)CC1)n1cncc1-2.COc1ccc2c(n1)C(CC(N)C1CCC(C)(C)CC1)n1cncc1-2.COc1ccc2c(n1)C(CC(N)C1CCCCC1)n1cncc1-2.COc1ccc2c(n1)C(CC(N)C1CCCCC1)n1cncc1-2.COc1ccc2c(n1)C(CC(N)C1CCCCC1)n1cncc1-2. The highest BCUT2D eigenvalue weighted by Crippen LogP contribution is 2.50. The van der Waals surface area contributed by atoms with E-state index in [1.165, 1.54) is 148 Å². The summed E-state index contributed by atoms with van der Waals surface area (Å²) >= 11 is 0. The van der Waals surface area contributed by atoms with Gasteiger partial charge in [-0.1, -0.05) is 85.5 Å². The first-order valence-electron chi connectivity index (χ1n) is 44.4. The van der Waals surface area contributed by atoms with Gasteiger partial charge in [-0.15, -0.1) is 0 Å². The van der Waals surface area contributed by atoms with E-state index in [-0.39, 0.29) is 60.4 Å². The monoisotopic (exact) mass is 1620 g/mol. The van der Waals surface area contributed by atoms with E-state index in [4.69, 9.17) is 77.3 Å². The second-order valence-corrected chi connectivity index (χ2v) is 37.1. The predicted molar refractivity (Wildman–Crippen MR) is 465 cm³/mol. The van der Waals surface area contributed by atoms with Gasteiger partial charge in [-0.2, -0.15) is 0 Å². The minimum absolute atomic E-state index is 0.160. The quantitative estimate of drug-likeness (QED) is 0.0473. The number of rotatable bonds is 20. The van der Waals surface area contributed by atoms with E-state index in [1.54, 1.807) is 35.5 Å². The van der Waals surface area contributed by atoms with Crippen molar-refractivity contribution in [3.05, 3.63) is 152 Å². The smallest absolute Gasteiger partial charge is 0.213 e. The van der Waals surface area contributed by atoms with Crippen LogP contribution in [0.25, 0.3) is 56.3 Å². The van der Waals surface area contributed by atoms with E-state index in [1.807, 2.05) is 93.0 Å². The Labute approximate surface area is 702 Å². The third-order valence-corrected chi connectivity index (χ3v) is 28.7. The number of nitrogens with two attached hydrogens (primary N) is 5. The maximum atomic E-state index is 6.68. The van der Waals surface area contributed by atoms with Crippen LogP contribution < -0.4 is 52.4 Å². The molecule has 5 saturated carbocycles. The molecule has 5 aliphatic heterocycles. The number of ether oxygens (including phenoxy) is 5. The molecule has 0 radical (unpaired) electrons. The van der Waals surface area contributed by atoms with Crippen LogP contribution in [0.3, 0.4) is 0 Å². The van der Waals surface area contributed by atoms with Crippen LogP contribution in [0.1, 0.15) is 266 Å². The van der Waals surface area contributed by atoms with Gasteiger partial charge >= 0.3 is 0 Å². The lowest BCUT2D eigenvalue weighted by molar-refractivity contribution is 0.166. The molecule has 20 rings (SSSR count). The van der Waals surface area contributed by atoms with Crippen molar-refractivity contribution in [2.24, 2.45) is 69.1 Å². The summed E-state index contributed by atoms with van der Waals surface area (Å²) in [4.78, 5) is 45.2. The van der Waals surface area contributed by atoms with Gasteiger partial charge in [-0.3, -0.25) is 0 Å². The topological polar surface area (TPSA) is 330 Å². The number of pyridine rings is 5. The Morgan fingerprint density at radius 2 is 0.471 bits per heavy atom. The first kappa shape index (κ1) is 83.3. The fourth-order valence-corrected chi connectivity index (χ4v) is 21.4. The average Bonchev–Trinajstić information content (AvgIpc) is 1.63. The number of nitrogens with zero attached hydrogens (tertiary/aromatic N) is 15. The molecule has 119 heavy (non-hydrogen) atoms. The minimum atomic E-state index is 0.160. The lowest BCUT2D eigenvalue weighted by Gasteiger charge is -2.37. The summed E-state index contributed by atoms with van der Waals surface area (Å²) in [7, 11) is 8.31. The summed E-state index contributed by atoms with van der Waals surface area (Å²) in [5.74, 6) is 6.47. The zero-order valence-electron chi connectivity index (χ0n) is 71.6. The van der Waals surface area contributed by atoms with Crippen LogP contribution in [-0.4, -0.2) is 138 Å². The molecule has 25 heteroatoms. The molecule has 25 nitrogen and oxygen atoms in total. The van der Waals surface area contributed by atoms with Gasteiger partial charge in [0.15, 0.2) is 0 Å². The van der Waals surface area contributed by atoms with Crippen molar-refractivity contribution in [1.82, 2.24) is 72.7 Å². The van der Waals surface area contributed by atoms with Crippen LogP contribution in [0.4, 0.5) is 0 Å². The Balaban J connectivity index is 0.000000111. The zero-order valence-corrected chi connectivity index (χ0v) is 71.6. The number of fused-ring (bicyclic) bond motifs is 15. The largest absolute Gasteiger partial charge is 0.481 e. The highest BCUT2D eigenvalue weighted by atomic mass is 16.5. The fourth-order valence-electron chi connectivity index (χ4n) is 21.4. The van der Waals surface area contributed by atoms with Crippen LogP contribution in [0, 0.1) is 40.4 Å². The van der Waals surface area contributed by atoms with Gasteiger partial charge in [0, 0.05) is 88.4 Å². The van der Waals surface area contributed by atoms with Gasteiger partial charge in [0.05, 0.1) is 185 Å². The second kappa shape index (κ2) is 36.5. The van der Waals surface area contributed by atoms with Gasteiger partial charge in [0.25, 0.3) is 0 Å². The van der Waals surface area contributed by atoms with E-state index >= 15 is 0 Å². The summed E-state index contributed by atoms with van der Waals surface area (Å²) in [6, 6.07) is 21.9. The summed E-state index contributed by atoms with van der Waals surface area (Å²) in [6.45, 7) is 9.48. The molecular weight excluding hydrogens is 1490 g/mol. The molecular formula is C94H128N20O5. The van der Waals surface area contributed by atoms with Gasteiger partial charge in [0.2, 0.25) is 29.4 Å². The number of methoxy groups -OCH3 is 5. The number of hydrogen-bond acceptors (Lipinski definition) is 20. The third kappa shape index (κ3) is 17.8. The highest BCUT2D eigenvalue weighted by molar-refractivity contribution is 5.71. The molecule has 10 unspecified atom stereocenters. The Hall–Kier alpha value is -9.40. The standard InChI is InChI=1S/2C20H28N4O.3C18H24N4O/c2*1-20(2)8-6-13(7-9-20)15(21)10-16-19-14(4-5-18(23-19)25-3)17-11-22-12-24(16)17;3*1-23-17-8-7-13-16-10-20-11-22(16)15(18(13)21-17)9-14(19)12-5-3-2-4-6-12/h2*4-5,11-13,15-16H,6-10,21H2,1-3H3;3*7-8,10-12,14-15H,2-6,9,19H2,1H3. The molecule has 10 aromatic heterocycles. The maximum Gasteiger partial charge on any atom is 0.213 e. The third-order valence-electron chi connectivity index (χ3n) is 28.7. The molecule has 10 N–H and O–H groups in total. The number of hydrogen-bond donors (Lipinski definition) is 5. The van der Waals surface area contributed by atoms with Crippen molar-refractivity contribution in [3.63, 3.8) is 0 Å². The number of aromatic nitrogens is 15. The van der Waals surface area contributed by atoms with Crippen LogP contribution in [0.15, 0.2) is 123 Å². The average molecular weight is 1620 g/mol. The lowest BCUT2D eigenvalue weighted by atomic mass is 9.70. The summed E-state index contributed by atoms with van der Waals surface area (Å²) in [5, 5.41) is 0. The fraction of sp³-hybridized carbons (Fsp3) is 0.574. The van der Waals surface area contributed by atoms with Crippen LogP contribution >= 0.6 is 0 Å². The second-order valence-electron chi connectivity index (χ2n) is 37.1. The first-order chi connectivity index (χ1) is 57.8. The molecule has 10 aromatic rings. The Kier molecular flexibility index (Phi) is 25.5. The molecule has 15 heterocycles. The van der Waals surface area contributed by atoms with Gasteiger partial charge < -0.3 is 75.2 Å². The number of imidazole rings is 5. The van der Waals surface area contributed by atoms with Crippen molar-refractivity contribution in [2.75, 3.05) is 35.5 Å². The van der Waals surface area contributed by atoms with Crippen LogP contribution in [-0.2, 0) is 0 Å². The Morgan fingerprint density at radius 1 is 0.286 bits per heavy atom. The zero-order chi connectivity index (χ0) is 82.6. The normalized spacial score (nSPS) is 22.3.